The summed E-state index contributed by atoms with van der Waals surface area (Å²) in [5.41, 5.74) is 8.10. The Labute approximate surface area is 195 Å². The minimum absolute atomic E-state index is 0.151. The van der Waals surface area contributed by atoms with E-state index in [0.717, 1.165) is 41.0 Å². The fourth-order valence-corrected chi connectivity index (χ4v) is 4.61. The van der Waals surface area contributed by atoms with Crippen LogP contribution in [0.1, 0.15) is 59.9 Å². The van der Waals surface area contributed by atoms with E-state index < -0.39 is 0 Å². The molecule has 0 radical (unpaired) electrons. The maximum Gasteiger partial charge on any atom is 0.306 e. The summed E-state index contributed by atoms with van der Waals surface area (Å²) in [5, 5.41) is 0. The van der Waals surface area contributed by atoms with Gasteiger partial charge in [-0.25, -0.2) is 0 Å². The Balaban J connectivity index is 1.77. The molecule has 4 nitrogen and oxygen atoms in total. The molecule has 0 unspecified atom stereocenters. The molecule has 0 atom stereocenters. The van der Waals surface area contributed by atoms with Crippen LogP contribution in [0.5, 0.6) is 5.75 Å². The van der Waals surface area contributed by atoms with Crippen molar-refractivity contribution in [2.45, 2.75) is 66.9 Å². The molecule has 3 rings (SSSR count). The number of benzene rings is 2. The van der Waals surface area contributed by atoms with Gasteiger partial charge in [-0.3, -0.25) is 4.79 Å². The van der Waals surface area contributed by atoms with Crippen LogP contribution in [0.15, 0.2) is 36.4 Å². The van der Waals surface area contributed by atoms with Crippen LogP contribution in [0, 0.1) is 13.8 Å². The van der Waals surface area contributed by atoms with Crippen molar-refractivity contribution in [2.75, 3.05) is 6.61 Å². The van der Waals surface area contributed by atoms with Crippen molar-refractivity contribution < 1.29 is 14.3 Å². The number of aromatic nitrogens is 1. The molecule has 1 heterocycles. The molecule has 0 saturated carbocycles. The highest BCUT2D eigenvalue weighted by molar-refractivity contribution is 7.06. The molecule has 0 aliphatic heterocycles. The molecule has 0 fully saturated rings. The lowest BCUT2D eigenvalue weighted by molar-refractivity contribution is -0.143. The first-order valence-corrected chi connectivity index (χ1v) is 12.2. The van der Waals surface area contributed by atoms with Gasteiger partial charge in [-0.1, -0.05) is 44.2 Å². The monoisotopic (exact) mass is 451 g/mol. The zero-order valence-electron chi connectivity index (χ0n) is 19.8. The lowest BCUT2D eigenvalue weighted by atomic mass is 9.99. The minimum atomic E-state index is -0.151. The summed E-state index contributed by atoms with van der Waals surface area (Å²) in [7, 11) is 0. The smallest absolute Gasteiger partial charge is 0.306 e. The van der Waals surface area contributed by atoms with Crippen molar-refractivity contribution in [3.63, 3.8) is 0 Å². The average molecular weight is 452 g/mol. The number of hydrogen-bond acceptors (Lipinski definition) is 5. The molecule has 0 N–H and O–H groups in total. The zero-order chi connectivity index (χ0) is 23.1. The third-order valence-electron chi connectivity index (χ3n) is 5.95. The summed E-state index contributed by atoms with van der Waals surface area (Å²) in [6, 6.07) is 12.7. The van der Waals surface area contributed by atoms with Gasteiger partial charge in [0.25, 0.3) is 0 Å². The average Bonchev–Trinajstić information content (AvgIpc) is 3.22. The predicted molar refractivity (Wildman–Crippen MR) is 132 cm³/mol. The Bertz CT molecular complexity index is 1050. The van der Waals surface area contributed by atoms with Gasteiger partial charge >= 0.3 is 5.97 Å². The Hall–Kier alpha value is -2.66. The van der Waals surface area contributed by atoms with Gasteiger partial charge in [0.1, 0.15) is 12.4 Å². The Kier molecular flexibility index (Phi) is 8.46. The third kappa shape index (κ3) is 5.57. The second-order valence-electron chi connectivity index (χ2n) is 7.90. The van der Waals surface area contributed by atoms with Crippen LogP contribution < -0.4 is 4.74 Å². The fraction of sp³-hybridized carbons (Fsp3) is 0.407. The van der Waals surface area contributed by atoms with E-state index in [0.29, 0.717) is 26.1 Å². The largest absolute Gasteiger partial charge is 0.489 e. The quantitative estimate of drug-likeness (QED) is 0.325. The van der Waals surface area contributed by atoms with E-state index in [1.54, 1.807) is 11.5 Å². The molecule has 0 aliphatic rings. The minimum Gasteiger partial charge on any atom is -0.489 e. The third-order valence-corrected chi connectivity index (χ3v) is 6.98. The second kappa shape index (κ2) is 11.3. The molecule has 0 saturated heterocycles. The standard InChI is InChI=1S/C27H33NO3S/c1-6-20-9-11-22(12-10-20)27-23(25(7-2)32-28-27)17-31-24-15-13-21(18(4)19(24)5)14-16-26(29)30-8-3/h9-13,15H,6-8,14,16-17H2,1-5H3. The molecule has 2 aromatic carbocycles. The van der Waals surface area contributed by atoms with Gasteiger partial charge in [-0.2, -0.15) is 4.37 Å². The van der Waals surface area contributed by atoms with Crippen LogP contribution in [-0.2, 0) is 35.4 Å². The molecule has 5 heteroatoms. The lowest BCUT2D eigenvalue weighted by Crippen LogP contribution is -2.07. The number of hydrogen-bond donors (Lipinski definition) is 0. The van der Waals surface area contributed by atoms with Gasteiger partial charge in [-0.15, -0.1) is 0 Å². The van der Waals surface area contributed by atoms with Crippen molar-refractivity contribution in [1.82, 2.24) is 4.37 Å². The van der Waals surface area contributed by atoms with E-state index in [1.807, 2.05) is 13.0 Å². The maximum absolute atomic E-state index is 11.7. The first-order valence-electron chi connectivity index (χ1n) is 11.4. The lowest BCUT2D eigenvalue weighted by Gasteiger charge is -2.15. The second-order valence-corrected chi connectivity index (χ2v) is 8.76. The van der Waals surface area contributed by atoms with Crippen LogP contribution in [0.25, 0.3) is 11.3 Å². The van der Waals surface area contributed by atoms with Gasteiger partial charge in [0.05, 0.1) is 12.3 Å². The topological polar surface area (TPSA) is 48.4 Å². The number of nitrogens with zero attached hydrogens (tertiary/aromatic N) is 1. The molecule has 0 spiro atoms. The molecule has 32 heavy (non-hydrogen) atoms. The Morgan fingerprint density at radius 3 is 2.38 bits per heavy atom. The molecule has 0 bridgehead atoms. The number of carbonyl (C=O) groups is 1. The van der Waals surface area contributed by atoms with Crippen molar-refractivity contribution in [3.05, 3.63) is 69.1 Å². The van der Waals surface area contributed by atoms with Crippen LogP contribution in [-0.4, -0.2) is 16.9 Å². The zero-order valence-corrected chi connectivity index (χ0v) is 20.6. The summed E-state index contributed by atoms with van der Waals surface area (Å²) in [6.45, 7) is 11.2. The van der Waals surface area contributed by atoms with E-state index in [4.69, 9.17) is 13.8 Å². The van der Waals surface area contributed by atoms with Crippen LogP contribution >= 0.6 is 11.5 Å². The van der Waals surface area contributed by atoms with Gasteiger partial charge < -0.3 is 9.47 Å². The molecule has 1 aromatic heterocycles. The van der Waals surface area contributed by atoms with Crippen LogP contribution in [0.2, 0.25) is 0 Å². The van der Waals surface area contributed by atoms with E-state index >= 15 is 0 Å². The van der Waals surface area contributed by atoms with Gasteiger partial charge in [0.2, 0.25) is 0 Å². The van der Waals surface area contributed by atoms with Gasteiger partial charge in [0.15, 0.2) is 0 Å². The summed E-state index contributed by atoms with van der Waals surface area (Å²) < 4.78 is 16.1. The predicted octanol–water partition coefficient (Wildman–Crippen LogP) is 6.63. The summed E-state index contributed by atoms with van der Waals surface area (Å²) in [4.78, 5) is 13.0. The maximum atomic E-state index is 11.7. The van der Waals surface area contributed by atoms with E-state index in [2.05, 4.69) is 58.0 Å². The molecule has 170 valence electrons. The highest BCUT2D eigenvalue weighted by atomic mass is 32.1. The van der Waals surface area contributed by atoms with Crippen LogP contribution in [0.3, 0.4) is 0 Å². The highest BCUT2D eigenvalue weighted by Gasteiger charge is 2.16. The van der Waals surface area contributed by atoms with E-state index in [9.17, 15) is 4.79 Å². The van der Waals surface area contributed by atoms with E-state index in [1.165, 1.54) is 21.6 Å². The highest BCUT2D eigenvalue weighted by Crippen LogP contribution is 2.32. The van der Waals surface area contributed by atoms with Crippen molar-refractivity contribution >= 4 is 17.5 Å². The molecule has 3 aromatic rings. The molecular formula is C27H33NO3S. The molecule has 0 amide bonds. The van der Waals surface area contributed by atoms with E-state index in [-0.39, 0.29) is 5.97 Å². The summed E-state index contributed by atoms with van der Waals surface area (Å²) in [6.07, 6.45) is 3.04. The number of carbonyl (C=O) groups excluding carboxylic acids is 1. The normalized spacial score (nSPS) is 10.9. The molecular weight excluding hydrogens is 418 g/mol. The number of aryl methyl sites for hydroxylation is 3. The number of rotatable bonds is 10. The van der Waals surface area contributed by atoms with Crippen molar-refractivity contribution in [3.8, 4) is 17.0 Å². The number of esters is 1. The van der Waals surface area contributed by atoms with Crippen molar-refractivity contribution in [2.24, 2.45) is 0 Å². The van der Waals surface area contributed by atoms with Crippen molar-refractivity contribution in [1.29, 1.82) is 0 Å². The number of ether oxygens (including phenoxy) is 2. The summed E-state index contributed by atoms with van der Waals surface area (Å²) in [5.74, 6) is 0.726. The Morgan fingerprint density at radius 2 is 1.72 bits per heavy atom. The van der Waals surface area contributed by atoms with Gasteiger partial charge in [0, 0.05) is 22.4 Å². The fourth-order valence-electron chi connectivity index (χ4n) is 3.79. The first-order chi connectivity index (χ1) is 15.5. The van der Waals surface area contributed by atoms with Gasteiger partial charge in [-0.05, 0) is 79.9 Å². The Morgan fingerprint density at radius 1 is 0.969 bits per heavy atom. The first kappa shape index (κ1) is 24.0. The molecule has 0 aliphatic carbocycles. The van der Waals surface area contributed by atoms with Crippen LogP contribution in [0.4, 0.5) is 0 Å². The SMILES string of the molecule is CCOC(=O)CCc1ccc(OCc2c(-c3ccc(CC)cc3)nsc2CC)c(C)c1C. The summed E-state index contributed by atoms with van der Waals surface area (Å²) >= 11 is 1.57.